The summed E-state index contributed by atoms with van der Waals surface area (Å²) in [4.78, 5) is 7.80. The van der Waals surface area contributed by atoms with Crippen molar-refractivity contribution in [2.45, 2.75) is 19.3 Å². The van der Waals surface area contributed by atoms with Crippen LogP contribution in [0, 0.1) is 6.92 Å². The van der Waals surface area contributed by atoms with Crippen LogP contribution < -0.4 is 0 Å². The maximum Gasteiger partial charge on any atom is 0.0681 e. The number of nitrogens with one attached hydrogen (secondary N) is 1. The smallest absolute Gasteiger partial charge is 0.0681 e. The fourth-order valence-corrected chi connectivity index (χ4v) is 3.60. The van der Waals surface area contributed by atoms with Gasteiger partial charge in [-0.2, -0.15) is 0 Å². The average molecular weight is 320 g/mol. The van der Waals surface area contributed by atoms with Crippen LogP contribution >= 0.6 is 0 Å². The van der Waals surface area contributed by atoms with Crippen molar-refractivity contribution in [1.29, 1.82) is 0 Å². The van der Waals surface area contributed by atoms with Gasteiger partial charge in [0.2, 0.25) is 0 Å². The van der Waals surface area contributed by atoms with Crippen molar-refractivity contribution < 1.29 is 10.2 Å². The molecule has 1 unspecified atom stereocenters. The second-order valence-corrected chi connectivity index (χ2v) is 6.42. The zero-order valence-corrected chi connectivity index (χ0v) is 13.6. The molecule has 2 aromatic heterocycles. The number of nitrogens with zero attached hydrogens (tertiary/aromatic N) is 1. The van der Waals surface area contributed by atoms with Crippen LogP contribution in [0.4, 0.5) is 0 Å². The van der Waals surface area contributed by atoms with Crippen molar-refractivity contribution in [3.63, 3.8) is 0 Å². The normalized spacial score (nSPS) is 18.0. The van der Waals surface area contributed by atoms with Crippen molar-refractivity contribution >= 4 is 21.8 Å². The molecule has 0 saturated heterocycles. The van der Waals surface area contributed by atoms with E-state index in [-0.39, 0.29) is 19.1 Å². The molecule has 0 spiro atoms. The summed E-state index contributed by atoms with van der Waals surface area (Å²) in [5, 5.41) is 21.3. The number of hydrogen-bond acceptors (Lipinski definition) is 3. The van der Waals surface area contributed by atoms with Gasteiger partial charge < -0.3 is 15.2 Å². The molecule has 24 heavy (non-hydrogen) atoms. The van der Waals surface area contributed by atoms with Gasteiger partial charge >= 0.3 is 0 Å². The van der Waals surface area contributed by atoms with Crippen LogP contribution in [0.5, 0.6) is 0 Å². The molecule has 4 nitrogen and oxygen atoms in total. The minimum absolute atomic E-state index is 0.000192. The lowest BCUT2D eigenvalue weighted by Crippen LogP contribution is -2.08. The van der Waals surface area contributed by atoms with E-state index in [1.165, 1.54) is 16.3 Å². The van der Waals surface area contributed by atoms with Crippen LogP contribution in [0.1, 0.15) is 23.6 Å². The zero-order chi connectivity index (χ0) is 16.7. The first-order valence-electron chi connectivity index (χ1n) is 8.18. The molecule has 0 fully saturated rings. The molecule has 0 amide bonds. The van der Waals surface area contributed by atoms with Crippen molar-refractivity contribution in [3.8, 4) is 0 Å². The Labute approximate surface area is 140 Å². The van der Waals surface area contributed by atoms with Gasteiger partial charge in [-0.25, -0.2) is 0 Å². The number of aliphatic hydroxyl groups excluding tert-OH is 2. The van der Waals surface area contributed by atoms with Crippen LogP contribution in [-0.4, -0.2) is 33.4 Å². The van der Waals surface area contributed by atoms with Crippen molar-refractivity contribution in [2.75, 3.05) is 13.2 Å². The molecule has 4 rings (SSSR count). The highest BCUT2D eigenvalue weighted by molar-refractivity contribution is 6.08. The van der Waals surface area contributed by atoms with Gasteiger partial charge in [0.25, 0.3) is 0 Å². The van der Waals surface area contributed by atoms with Crippen molar-refractivity contribution in [3.05, 3.63) is 65.0 Å². The highest BCUT2D eigenvalue weighted by Gasteiger charge is 2.18. The van der Waals surface area contributed by atoms with Crippen LogP contribution in [0.3, 0.4) is 0 Å². The zero-order valence-electron chi connectivity index (χ0n) is 13.6. The quantitative estimate of drug-likeness (QED) is 0.693. The summed E-state index contributed by atoms with van der Waals surface area (Å²) in [5.74, 6) is 0.177. The van der Waals surface area contributed by atoms with Gasteiger partial charge in [-0.1, -0.05) is 18.2 Å². The predicted molar refractivity (Wildman–Crippen MR) is 96.0 cm³/mol. The number of hydrogen-bond donors (Lipinski definition) is 3. The lowest BCUT2D eigenvalue weighted by atomic mass is 9.85. The standard InChI is InChI=1S/C20H20N2O2/c1-12-20-17(4-5-21-12)18-9-15(2-3-19(18)22-20)16-7-13(10-23)6-14(8-16)11-24/h2-7,9,16,22-24H,8,10-11H2,1H3. The van der Waals surface area contributed by atoms with Crippen molar-refractivity contribution in [1.82, 2.24) is 9.97 Å². The number of benzene rings is 1. The van der Waals surface area contributed by atoms with Gasteiger partial charge in [0, 0.05) is 28.4 Å². The third kappa shape index (κ3) is 2.44. The maximum atomic E-state index is 9.49. The Hall–Kier alpha value is -2.43. The summed E-state index contributed by atoms with van der Waals surface area (Å²) >= 11 is 0. The molecular weight excluding hydrogens is 300 g/mol. The summed E-state index contributed by atoms with van der Waals surface area (Å²) in [7, 11) is 0. The van der Waals surface area contributed by atoms with Crippen LogP contribution in [0.25, 0.3) is 21.8 Å². The van der Waals surface area contributed by atoms with E-state index in [0.717, 1.165) is 34.3 Å². The first-order chi connectivity index (χ1) is 11.7. The largest absolute Gasteiger partial charge is 0.392 e. The Balaban J connectivity index is 1.83. The summed E-state index contributed by atoms with van der Waals surface area (Å²) < 4.78 is 0. The van der Waals surface area contributed by atoms with Gasteiger partial charge in [0.05, 0.1) is 24.4 Å². The van der Waals surface area contributed by atoms with Crippen LogP contribution in [0.2, 0.25) is 0 Å². The van der Waals surface area contributed by atoms with E-state index in [0.29, 0.717) is 0 Å². The second kappa shape index (κ2) is 5.89. The lowest BCUT2D eigenvalue weighted by Gasteiger charge is -2.21. The highest BCUT2D eigenvalue weighted by Crippen LogP contribution is 2.34. The van der Waals surface area contributed by atoms with E-state index in [1.807, 2.05) is 25.3 Å². The third-order valence-corrected chi connectivity index (χ3v) is 4.83. The van der Waals surface area contributed by atoms with E-state index in [4.69, 9.17) is 0 Å². The van der Waals surface area contributed by atoms with E-state index < -0.39 is 0 Å². The predicted octanol–water partition coefficient (Wildman–Crippen LogP) is 3.35. The number of H-pyrrole nitrogens is 1. The Kier molecular flexibility index (Phi) is 3.71. The molecule has 0 aliphatic heterocycles. The second-order valence-electron chi connectivity index (χ2n) is 6.42. The fraction of sp³-hybridized carbons (Fsp3) is 0.250. The third-order valence-electron chi connectivity index (χ3n) is 4.83. The molecule has 1 aliphatic carbocycles. The van der Waals surface area contributed by atoms with E-state index >= 15 is 0 Å². The van der Waals surface area contributed by atoms with Gasteiger partial charge in [-0.05, 0) is 48.3 Å². The molecule has 1 aliphatic rings. The molecule has 3 N–H and O–H groups in total. The van der Waals surface area contributed by atoms with Gasteiger partial charge in [0.15, 0.2) is 0 Å². The highest BCUT2D eigenvalue weighted by atomic mass is 16.3. The van der Waals surface area contributed by atoms with Gasteiger partial charge in [-0.3, -0.25) is 4.98 Å². The topological polar surface area (TPSA) is 69.1 Å². The molecule has 1 atom stereocenters. The molecule has 0 bridgehead atoms. The fourth-order valence-electron chi connectivity index (χ4n) is 3.60. The SMILES string of the molecule is Cc1nccc2c1[nH]c1ccc(C3C=C(CO)C=C(CO)C3)cc12. The van der Waals surface area contributed by atoms with E-state index in [1.54, 1.807) is 0 Å². The molecule has 2 heterocycles. The van der Waals surface area contributed by atoms with Crippen LogP contribution in [-0.2, 0) is 0 Å². The summed E-state index contributed by atoms with van der Waals surface area (Å²) in [6.07, 6.45) is 6.63. The summed E-state index contributed by atoms with van der Waals surface area (Å²) in [6, 6.07) is 8.48. The average Bonchev–Trinajstić information content (AvgIpc) is 3.00. The Bertz CT molecular complexity index is 982. The monoisotopic (exact) mass is 320 g/mol. The number of pyridine rings is 1. The van der Waals surface area contributed by atoms with Crippen LogP contribution in [0.15, 0.2) is 53.8 Å². The summed E-state index contributed by atoms with van der Waals surface area (Å²) in [6.45, 7) is 2.04. The minimum atomic E-state index is 0.000192. The first kappa shape index (κ1) is 15.1. The molecule has 0 saturated carbocycles. The van der Waals surface area contributed by atoms with Gasteiger partial charge in [-0.15, -0.1) is 0 Å². The minimum Gasteiger partial charge on any atom is -0.392 e. The Morgan fingerprint density at radius 1 is 1.17 bits per heavy atom. The molecular formula is C20H20N2O2. The number of aromatic nitrogens is 2. The lowest BCUT2D eigenvalue weighted by molar-refractivity contribution is 0.319. The maximum absolute atomic E-state index is 9.49. The molecule has 122 valence electrons. The number of rotatable bonds is 3. The number of fused-ring (bicyclic) bond motifs is 3. The number of allylic oxidation sites excluding steroid dienone is 1. The number of aromatic amines is 1. The van der Waals surface area contributed by atoms with E-state index in [9.17, 15) is 10.2 Å². The number of aliphatic hydroxyl groups is 2. The van der Waals surface area contributed by atoms with Crippen molar-refractivity contribution in [2.24, 2.45) is 0 Å². The Morgan fingerprint density at radius 2 is 2.04 bits per heavy atom. The number of aryl methyl sites for hydroxylation is 1. The van der Waals surface area contributed by atoms with E-state index in [2.05, 4.69) is 34.2 Å². The first-order valence-corrected chi connectivity index (χ1v) is 8.18. The molecule has 3 aromatic rings. The Morgan fingerprint density at radius 3 is 2.83 bits per heavy atom. The van der Waals surface area contributed by atoms with Gasteiger partial charge in [0.1, 0.15) is 0 Å². The summed E-state index contributed by atoms with van der Waals surface area (Å²) in [5.41, 5.74) is 6.21. The molecule has 0 radical (unpaired) electrons. The molecule has 4 heteroatoms. The molecule has 1 aromatic carbocycles.